The standard InChI is InChI=1S/C12H17NO4/c1-8-11(15)10(14)4-5-13(8)6-9-7-16-12(2,3)17-9/h4-5,9,15H,6-7H2,1-3H3. The fourth-order valence-electron chi connectivity index (χ4n) is 1.93. The Morgan fingerprint density at radius 2 is 2.29 bits per heavy atom. The molecule has 94 valence electrons. The first-order valence-electron chi connectivity index (χ1n) is 5.60. The summed E-state index contributed by atoms with van der Waals surface area (Å²) in [6.45, 7) is 6.51. The maximum absolute atomic E-state index is 11.2. The average molecular weight is 239 g/mol. The molecule has 0 aromatic carbocycles. The lowest BCUT2D eigenvalue weighted by Crippen LogP contribution is -2.25. The van der Waals surface area contributed by atoms with Crippen LogP contribution >= 0.6 is 0 Å². The molecule has 17 heavy (non-hydrogen) atoms. The van der Waals surface area contributed by atoms with Gasteiger partial charge in [0.25, 0.3) is 0 Å². The van der Waals surface area contributed by atoms with E-state index in [4.69, 9.17) is 9.47 Å². The van der Waals surface area contributed by atoms with Gasteiger partial charge in [-0.05, 0) is 20.8 Å². The smallest absolute Gasteiger partial charge is 0.223 e. The summed E-state index contributed by atoms with van der Waals surface area (Å²) in [5.74, 6) is -0.759. The summed E-state index contributed by atoms with van der Waals surface area (Å²) >= 11 is 0. The van der Waals surface area contributed by atoms with Gasteiger partial charge in [0.15, 0.2) is 11.5 Å². The van der Waals surface area contributed by atoms with Crippen molar-refractivity contribution in [2.75, 3.05) is 6.61 Å². The lowest BCUT2D eigenvalue weighted by Gasteiger charge is -2.18. The predicted molar refractivity (Wildman–Crippen MR) is 62.0 cm³/mol. The van der Waals surface area contributed by atoms with Crippen molar-refractivity contribution < 1.29 is 14.6 Å². The SMILES string of the molecule is Cc1c(O)c(=O)ccn1CC1COC(C)(C)O1. The Balaban J connectivity index is 2.15. The molecule has 1 aromatic heterocycles. The molecule has 0 amide bonds. The van der Waals surface area contributed by atoms with E-state index in [1.807, 2.05) is 13.8 Å². The third-order valence-corrected chi connectivity index (χ3v) is 2.88. The Morgan fingerprint density at radius 1 is 1.59 bits per heavy atom. The van der Waals surface area contributed by atoms with Gasteiger partial charge in [0.1, 0.15) is 6.10 Å². The number of hydrogen-bond acceptors (Lipinski definition) is 4. The number of ether oxygens (including phenoxy) is 2. The van der Waals surface area contributed by atoms with Crippen molar-refractivity contribution in [1.29, 1.82) is 0 Å². The van der Waals surface area contributed by atoms with Gasteiger partial charge in [-0.3, -0.25) is 4.79 Å². The van der Waals surface area contributed by atoms with E-state index in [0.717, 1.165) is 0 Å². The zero-order chi connectivity index (χ0) is 12.6. The van der Waals surface area contributed by atoms with Gasteiger partial charge in [-0.2, -0.15) is 0 Å². The van der Waals surface area contributed by atoms with Crippen molar-refractivity contribution in [1.82, 2.24) is 4.57 Å². The van der Waals surface area contributed by atoms with Gasteiger partial charge in [0.2, 0.25) is 5.43 Å². The second-order valence-corrected chi connectivity index (χ2v) is 4.72. The van der Waals surface area contributed by atoms with Crippen LogP contribution in [0.25, 0.3) is 0 Å². The van der Waals surface area contributed by atoms with Gasteiger partial charge < -0.3 is 19.1 Å². The molecule has 1 atom stereocenters. The van der Waals surface area contributed by atoms with Crippen molar-refractivity contribution in [2.45, 2.75) is 39.2 Å². The first-order chi connectivity index (χ1) is 7.89. The summed E-state index contributed by atoms with van der Waals surface area (Å²) in [4.78, 5) is 11.2. The summed E-state index contributed by atoms with van der Waals surface area (Å²) in [5, 5.41) is 9.56. The van der Waals surface area contributed by atoms with E-state index in [9.17, 15) is 9.90 Å². The Bertz CT molecular complexity index is 478. The largest absolute Gasteiger partial charge is 0.503 e. The van der Waals surface area contributed by atoms with Crippen LogP contribution in [-0.2, 0) is 16.0 Å². The lowest BCUT2D eigenvalue weighted by atomic mass is 10.3. The van der Waals surface area contributed by atoms with Crippen molar-refractivity contribution in [3.05, 3.63) is 28.2 Å². The van der Waals surface area contributed by atoms with Crippen LogP contribution in [0.4, 0.5) is 0 Å². The normalized spacial score (nSPS) is 22.9. The number of hydrogen-bond donors (Lipinski definition) is 1. The Hall–Kier alpha value is -1.33. The minimum Gasteiger partial charge on any atom is -0.503 e. The van der Waals surface area contributed by atoms with Crippen LogP contribution in [0.5, 0.6) is 5.75 Å². The molecule has 5 nitrogen and oxygen atoms in total. The van der Waals surface area contributed by atoms with Crippen molar-refractivity contribution in [3.8, 4) is 5.75 Å². The third-order valence-electron chi connectivity index (χ3n) is 2.88. The number of pyridine rings is 1. The van der Waals surface area contributed by atoms with Gasteiger partial charge in [0, 0.05) is 12.3 Å². The summed E-state index contributed by atoms with van der Waals surface area (Å²) in [5.41, 5.74) is 0.188. The van der Waals surface area contributed by atoms with E-state index in [1.54, 1.807) is 17.7 Å². The second kappa shape index (κ2) is 4.16. The molecule has 0 saturated carbocycles. The van der Waals surface area contributed by atoms with Crippen LogP contribution in [0, 0.1) is 6.92 Å². The van der Waals surface area contributed by atoms with E-state index in [1.165, 1.54) is 6.07 Å². The highest BCUT2D eigenvalue weighted by atomic mass is 16.7. The van der Waals surface area contributed by atoms with Crippen LogP contribution in [0.1, 0.15) is 19.5 Å². The maximum atomic E-state index is 11.2. The van der Waals surface area contributed by atoms with Gasteiger partial charge in [0.05, 0.1) is 18.8 Å². The molecule has 1 aliphatic rings. The lowest BCUT2D eigenvalue weighted by molar-refractivity contribution is -0.139. The number of aromatic nitrogens is 1. The number of rotatable bonds is 2. The van der Waals surface area contributed by atoms with Crippen molar-refractivity contribution in [3.63, 3.8) is 0 Å². The molecule has 2 rings (SSSR count). The predicted octanol–water partition coefficient (Wildman–Crippen LogP) is 1.01. The second-order valence-electron chi connectivity index (χ2n) is 4.72. The van der Waals surface area contributed by atoms with Gasteiger partial charge in [-0.25, -0.2) is 0 Å². The Labute approximate surface area is 99.6 Å². The van der Waals surface area contributed by atoms with E-state index < -0.39 is 5.79 Å². The zero-order valence-electron chi connectivity index (χ0n) is 10.3. The summed E-state index contributed by atoms with van der Waals surface area (Å²) < 4.78 is 12.9. The maximum Gasteiger partial charge on any atom is 0.223 e. The fraction of sp³-hybridized carbons (Fsp3) is 0.583. The molecule has 1 fully saturated rings. The molecular formula is C12H17NO4. The zero-order valence-corrected chi connectivity index (χ0v) is 10.3. The molecule has 5 heteroatoms. The summed E-state index contributed by atoms with van der Waals surface area (Å²) in [6.07, 6.45) is 1.59. The highest BCUT2D eigenvalue weighted by molar-refractivity contribution is 5.25. The molecule has 2 heterocycles. The molecule has 1 aliphatic heterocycles. The summed E-state index contributed by atoms with van der Waals surface area (Å²) in [7, 11) is 0. The van der Waals surface area contributed by atoms with Crippen LogP contribution < -0.4 is 5.43 Å². The first kappa shape index (κ1) is 12.1. The molecule has 1 saturated heterocycles. The van der Waals surface area contributed by atoms with E-state index in [0.29, 0.717) is 18.8 Å². The monoisotopic (exact) mass is 239 g/mol. The molecule has 0 aliphatic carbocycles. The number of aromatic hydroxyl groups is 1. The highest BCUT2D eigenvalue weighted by Crippen LogP contribution is 2.23. The molecule has 1 unspecified atom stereocenters. The van der Waals surface area contributed by atoms with E-state index in [-0.39, 0.29) is 17.3 Å². The minimum atomic E-state index is -0.556. The number of nitrogens with zero attached hydrogens (tertiary/aromatic N) is 1. The van der Waals surface area contributed by atoms with E-state index in [2.05, 4.69) is 0 Å². The molecule has 0 bridgehead atoms. The average Bonchev–Trinajstić information content (AvgIpc) is 2.59. The van der Waals surface area contributed by atoms with Gasteiger partial charge in [-0.15, -0.1) is 0 Å². The Kier molecular flexibility index (Phi) is 2.97. The van der Waals surface area contributed by atoms with Crippen LogP contribution in [0.3, 0.4) is 0 Å². The van der Waals surface area contributed by atoms with Gasteiger partial charge >= 0.3 is 0 Å². The topological polar surface area (TPSA) is 60.7 Å². The molecule has 1 aromatic rings. The Morgan fingerprint density at radius 3 is 2.88 bits per heavy atom. The molecule has 0 spiro atoms. The first-order valence-corrected chi connectivity index (χ1v) is 5.60. The van der Waals surface area contributed by atoms with Crippen LogP contribution in [0.2, 0.25) is 0 Å². The van der Waals surface area contributed by atoms with Crippen molar-refractivity contribution >= 4 is 0 Å². The highest BCUT2D eigenvalue weighted by Gasteiger charge is 2.32. The van der Waals surface area contributed by atoms with Crippen LogP contribution in [-0.4, -0.2) is 28.2 Å². The molecular weight excluding hydrogens is 222 g/mol. The van der Waals surface area contributed by atoms with Gasteiger partial charge in [-0.1, -0.05) is 0 Å². The molecule has 0 radical (unpaired) electrons. The quantitative estimate of drug-likeness (QED) is 0.836. The third kappa shape index (κ3) is 2.50. The summed E-state index contributed by atoms with van der Waals surface area (Å²) in [6, 6.07) is 1.35. The fourth-order valence-corrected chi connectivity index (χ4v) is 1.93. The minimum absolute atomic E-state index is 0.0643. The molecule has 1 N–H and O–H groups in total. The van der Waals surface area contributed by atoms with Crippen LogP contribution in [0.15, 0.2) is 17.1 Å². The van der Waals surface area contributed by atoms with E-state index >= 15 is 0 Å². The van der Waals surface area contributed by atoms with Crippen molar-refractivity contribution in [2.24, 2.45) is 0 Å².